The van der Waals surface area contributed by atoms with Crippen molar-refractivity contribution in [3.05, 3.63) is 89.9 Å². The molecule has 0 radical (unpaired) electrons. The first-order valence-electron chi connectivity index (χ1n) is 11.9. The Morgan fingerprint density at radius 3 is 2.32 bits per heavy atom. The Bertz CT molecular complexity index is 1230. The summed E-state index contributed by atoms with van der Waals surface area (Å²) in [4.78, 5) is 20.2. The summed E-state index contributed by atoms with van der Waals surface area (Å²) in [6.45, 7) is 0. The Morgan fingerprint density at radius 2 is 1.65 bits per heavy atom. The molecule has 0 spiro atoms. The average molecular weight is 453 g/mol. The predicted molar refractivity (Wildman–Crippen MR) is 131 cm³/mol. The number of aromatic amines is 1. The van der Waals surface area contributed by atoms with Crippen LogP contribution in [0.5, 0.6) is 0 Å². The number of aromatic nitrogens is 4. The van der Waals surface area contributed by atoms with E-state index in [4.69, 9.17) is 5.11 Å². The molecule has 0 aliphatic heterocycles. The van der Waals surface area contributed by atoms with Crippen molar-refractivity contribution in [2.45, 2.75) is 44.4 Å². The van der Waals surface area contributed by atoms with Gasteiger partial charge in [-0.1, -0.05) is 54.6 Å². The van der Waals surface area contributed by atoms with E-state index in [-0.39, 0.29) is 0 Å². The number of nitrogens with zero attached hydrogens (tertiary/aromatic N) is 3. The Hall–Kier alpha value is -3.80. The smallest absolute Gasteiger partial charge is 0.303 e. The third kappa shape index (κ3) is 5.22. The number of aliphatic carboxylic acids is 1. The highest BCUT2D eigenvalue weighted by Gasteiger charge is 2.24. The second-order valence-corrected chi connectivity index (χ2v) is 9.13. The molecule has 6 nitrogen and oxygen atoms in total. The molecule has 1 aliphatic rings. The summed E-state index contributed by atoms with van der Waals surface area (Å²) >= 11 is 0. The van der Waals surface area contributed by atoms with Gasteiger partial charge in [-0.15, -0.1) is 0 Å². The van der Waals surface area contributed by atoms with Gasteiger partial charge in [-0.25, -0.2) is 4.98 Å². The number of H-pyrrole nitrogens is 1. The summed E-state index contributed by atoms with van der Waals surface area (Å²) in [5.41, 5.74) is 5.42. The molecule has 1 saturated carbocycles. The fourth-order valence-corrected chi connectivity index (χ4v) is 4.86. The number of pyridine rings is 1. The largest absolute Gasteiger partial charge is 0.481 e. The molecule has 34 heavy (non-hydrogen) atoms. The lowest BCUT2D eigenvalue weighted by Gasteiger charge is -2.28. The predicted octanol–water partition coefficient (Wildman–Crippen LogP) is 5.87. The molecule has 5 rings (SSSR count). The van der Waals surface area contributed by atoms with Crippen LogP contribution in [0.1, 0.15) is 55.0 Å². The number of carboxylic acids is 1. The van der Waals surface area contributed by atoms with Crippen LogP contribution in [-0.4, -0.2) is 31.2 Å². The summed E-state index contributed by atoms with van der Waals surface area (Å²) in [5.74, 6) is 1.65. The SMILES string of the molecule is O=C(O)C[C@H]1CC[C@H](c2ccc(-c3ccc(-c4nc(Cc5ccccc5)n[nH]4)cn3)cc2)CC1. The number of hydrogen-bond acceptors (Lipinski definition) is 4. The van der Waals surface area contributed by atoms with Crippen LogP contribution in [0, 0.1) is 5.92 Å². The van der Waals surface area contributed by atoms with Crippen LogP contribution in [0.2, 0.25) is 0 Å². The maximum absolute atomic E-state index is 10.9. The van der Waals surface area contributed by atoms with Crippen LogP contribution in [0.15, 0.2) is 72.9 Å². The Morgan fingerprint density at radius 1 is 0.912 bits per heavy atom. The van der Waals surface area contributed by atoms with Gasteiger partial charge in [0.1, 0.15) is 0 Å². The van der Waals surface area contributed by atoms with Crippen LogP contribution in [0.25, 0.3) is 22.6 Å². The van der Waals surface area contributed by atoms with Crippen molar-refractivity contribution in [2.75, 3.05) is 0 Å². The molecule has 2 N–H and O–H groups in total. The Labute approximate surface area is 199 Å². The topological polar surface area (TPSA) is 91.8 Å². The third-order valence-electron chi connectivity index (χ3n) is 6.76. The summed E-state index contributed by atoms with van der Waals surface area (Å²) in [7, 11) is 0. The lowest BCUT2D eigenvalue weighted by Crippen LogP contribution is -2.16. The molecule has 1 aliphatic carbocycles. The van der Waals surface area contributed by atoms with E-state index in [0.717, 1.165) is 54.2 Å². The number of nitrogens with one attached hydrogen (secondary N) is 1. The van der Waals surface area contributed by atoms with E-state index in [1.54, 1.807) is 0 Å². The normalized spacial score (nSPS) is 18.0. The molecule has 2 aromatic heterocycles. The lowest BCUT2D eigenvalue weighted by molar-refractivity contribution is -0.138. The zero-order valence-electron chi connectivity index (χ0n) is 19.0. The van der Waals surface area contributed by atoms with Gasteiger partial charge in [0.2, 0.25) is 0 Å². The first kappa shape index (κ1) is 22.0. The van der Waals surface area contributed by atoms with E-state index in [0.29, 0.717) is 24.7 Å². The number of carbonyl (C=O) groups is 1. The number of rotatable bonds is 7. The quantitative estimate of drug-likeness (QED) is 0.366. The van der Waals surface area contributed by atoms with Crippen molar-refractivity contribution < 1.29 is 9.90 Å². The number of hydrogen-bond donors (Lipinski definition) is 2. The molecule has 0 atom stereocenters. The standard InChI is InChI=1S/C28H28N4O2/c33-27(34)17-20-6-8-21(9-7-20)22-10-12-23(13-11-22)25-15-14-24(18-29-25)28-30-26(31-32-28)16-19-4-2-1-3-5-19/h1-5,10-15,18,20-21H,6-9,16-17H2,(H,33,34)(H,30,31,32)/t20-,21-. The van der Waals surface area contributed by atoms with E-state index in [1.807, 2.05) is 36.5 Å². The fraction of sp³-hybridized carbons (Fsp3) is 0.286. The molecule has 0 unspecified atom stereocenters. The van der Waals surface area contributed by atoms with E-state index in [1.165, 1.54) is 11.1 Å². The minimum atomic E-state index is -0.678. The van der Waals surface area contributed by atoms with Gasteiger partial charge in [-0.2, -0.15) is 5.10 Å². The first-order chi connectivity index (χ1) is 16.6. The van der Waals surface area contributed by atoms with E-state index in [2.05, 4.69) is 56.6 Å². The van der Waals surface area contributed by atoms with Crippen molar-refractivity contribution in [1.82, 2.24) is 20.2 Å². The minimum Gasteiger partial charge on any atom is -0.481 e. The van der Waals surface area contributed by atoms with E-state index in [9.17, 15) is 4.79 Å². The van der Waals surface area contributed by atoms with Gasteiger partial charge in [0.25, 0.3) is 0 Å². The maximum Gasteiger partial charge on any atom is 0.303 e. The zero-order chi connectivity index (χ0) is 23.3. The Kier molecular flexibility index (Phi) is 6.47. The lowest BCUT2D eigenvalue weighted by atomic mass is 9.77. The first-order valence-corrected chi connectivity index (χ1v) is 11.9. The zero-order valence-corrected chi connectivity index (χ0v) is 19.0. The second kappa shape index (κ2) is 10.00. The Balaban J connectivity index is 1.22. The molecule has 2 heterocycles. The van der Waals surface area contributed by atoms with Crippen molar-refractivity contribution in [2.24, 2.45) is 5.92 Å². The summed E-state index contributed by atoms with van der Waals surface area (Å²) in [6.07, 6.45) is 6.94. The van der Waals surface area contributed by atoms with Crippen LogP contribution in [0.3, 0.4) is 0 Å². The second-order valence-electron chi connectivity index (χ2n) is 9.13. The summed E-state index contributed by atoms with van der Waals surface area (Å²) in [6, 6.07) is 22.9. The van der Waals surface area contributed by atoms with E-state index >= 15 is 0 Å². The monoisotopic (exact) mass is 452 g/mol. The van der Waals surface area contributed by atoms with Crippen molar-refractivity contribution in [3.63, 3.8) is 0 Å². The van der Waals surface area contributed by atoms with Crippen LogP contribution >= 0.6 is 0 Å². The summed E-state index contributed by atoms with van der Waals surface area (Å²) in [5, 5.41) is 16.4. The van der Waals surface area contributed by atoms with Gasteiger partial charge in [0, 0.05) is 30.2 Å². The molecule has 1 fully saturated rings. The molecule has 2 aromatic carbocycles. The van der Waals surface area contributed by atoms with Crippen molar-refractivity contribution in [1.29, 1.82) is 0 Å². The molecule has 4 aromatic rings. The number of benzene rings is 2. The van der Waals surface area contributed by atoms with Gasteiger partial charge in [-0.05, 0) is 60.8 Å². The third-order valence-corrected chi connectivity index (χ3v) is 6.76. The highest BCUT2D eigenvalue weighted by molar-refractivity contribution is 5.67. The molecular formula is C28H28N4O2. The minimum absolute atomic E-state index is 0.301. The molecule has 0 saturated heterocycles. The highest BCUT2D eigenvalue weighted by atomic mass is 16.4. The van der Waals surface area contributed by atoms with Gasteiger partial charge >= 0.3 is 5.97 Å². The summed E-state index contributed by atoms with van der Waals surface area (Å²) < 4.78 is 0. The molecule has 172 valence electrons. The van der Waals surface area contributed by atoms with E-state index < -0.39 is 5.97 Å². The molecule has 0 amide bonds. The average Bonchev–Trinajstić information content (AvgIpc) is 3.33. The maximum atomic E-state index is 10.9. The molecule has 0 bridgehead atoms. The molecule has 6 heteroatoms. The van der Waals surface area contributed by atoms with Crippen molar-refractivity contribution in [3.8, 4) is 22.6 Å². The van der Waals surface area contributed by atoms with Gasteiger partial charge in [0.05, 0.1) is 5.69 Å². The van der Waals surface area contributed by atoms with Crippen LogP contribution in [-0.2, 0) is 11.2 Å². The van der Waals surface area contributed by atoms with Gasteiger partial charge < -0.3 is 5.11 Å². The van der Waals surface area contributed by atoms with Crippen LogP contribution in [0.4, 0.5) is 0 Å². The highest BCUT2D eigenvalue weighted by Crippen LogP contribution is 2.37. The van der Waals surface area contributed by atoms with Gasteiger partial charge in [-0.3, -0.25) is 14.9 Å². The van der Waals surface area contributed by atoms with Crippen molar-refractivity contribution >= 4 is 5.97 Å². The van der Waals surface area contributed by atoms with Gasteiger partial charge in [0.15, 0.2) is 11.6 Å². The number of carboxylic acid groups (broad SMARTS) is 1. The molecular weight excluding hydrogens is 424 g/mol. The fourth-order valence-electron chi connectivity index (χ4n) is 4.86. The van der Waals surface area contributed by atoms with Crippen LogP contribution < -0.4 is 0 Å².